The van der Waals surface area contributed by atoms with Gasteiger partial charge in [-0.1, -0.05) is 6.07 Å². The average molecular weight is 263 g/mol. The summed E-state index contributed by atoms with van der Waals surface area (Å²) in [6, 6.07) is 6.01. The first-order valence-electron chi connectivity index (χ1n) is 6.06. The van der Waals surface area contributed by atoms with Crippen molar-refractivity contribution in [3.8, 4) is 0 Å². The lowest BCUT2D eigenvalue weighted by Crippen LogP contribution is -2.44. The molecule has 1 saturated heterocycles. The number of nitrogens with zero attached hydrogens (tertiary/aromatic N) is 1. The topological polar surface area (TPSA) is 95.7 Å². The lowest BCUT2D eigenvalue weighted by Gasteiger charge is -2.26. The molecule has 102 valence electrons. The van der Waals surface area contributed by atoms with Gasteiger partial charge in [-0.25, -0.2) is 0 Å². The fourth-order valence-corrected chi connectivity index (χ4v) is 2.21. The number of likely N-dealkylation sites (N-methyl/N-ethyl adjacent to an activating group) is 1. The SMILES string of the molecule is CN(C(=O)c1cccc(C(N)=O)c1)[C@@H]1CNC[C@H]1O. The number of β-amino-alcohol motifs (C(OH)–C–C–N with tert-alkyl or cyclic N) is 1. The maximum atomic E-state index is 12.3. The minimum atomic E-state index is -0.576. The number of nitrogens with two attached hydrogens (primary N) is 1. The Kier molecular flexibility index (Phi) is 3.82. The van der Waals surface area contributed by atoms with E-state index in [4.69, 9.17) is 5.73 Å². The molecule has 6 heteroatoms. The molecule has 1 aliphatic rings. The van der Waals surface area contributed by atoms with E-state index in [1.165, 1.54) is 11.0 Å². The second kappa shape index (κ2) is 5.38. The highest BCUT2D eigenvalue weighted by molar-refractivity contribution is 5.99. The van der Waals surface area contributed by atoms with E-state index in [9.17, 15) is 14.7 Å². The van der Waals surface area contributed by atoms with Crippen molar-refractivity contribution in [2.24, 2.45) is 5.73 Å². The Hall–Kier alpha value is -1.92. The molecule has 0 unspecified atom stereocenters. The molecule has 6 nitrogen and oxygen atoms in total. The van der Waals surface area contributed by atoms with E-state index in [1.54, 1.807) is 25.2 Å². The van der Waals surface area contributed by atoms with E-state index in [1.807, 2.05) is 0 Å². The summed E-state index contributed by atoms with van der Waals surface area (Å²) in [5, 5.41) is 12.8. The molecule has 4 N–H and O–H groups in total. The lowest BCUT2D eigenvalue weighted by molar-refractivity contribution is 0.0581. The summed E-state index contributed by atoms with van der Waals surface area (Å²) in [6.07, 6.45) is -0.576. The third kappa shape index (κ3) is 2.74. The van der Waals surface area contributed by atoms with Crippen molar-refractivity contribution in [1.82, 2.24) is 10.2 Å². The molecule has 2 amide bonds. The van der Waals surface area contributed by atoms with E-state index in [0.717, 1.165) is 0 Å². The van der Waals surface area contributed by atoms with E-state index in [0.29, 0.717) is 24.2 Å². The predicted octanol–water partition coefficient (Wildman–Crippen LogP) is -0.810. The minimum absolute atomic E-state index is 0.240. The van der Waals surface area contributed by atoms with E-state index >= 15 is 0 Å². The zero-order chi connectivity index (χ0) is 14.0. The second-order valence-corrected chi connectivity index (χ2v) is 4.65. The molecule has 19 heavy (non-hydrogen) atoms. The highest BCUT2D eigenvalue weighted by Crippen LogP contribution is 2.13. The zero-order valence-electron chi connectivity index (χ0n) is 10.7. The molecule has 0 saturated carbocycles. The Morgan fingerprint density at radius 3 is 2.63 bits per heavy atom. The van der Waals surface area contributed by atoms with Crippen LogP contribution in [0, 0.1) is 0 Å². The van der Waals surface area contributed by atoms with Crippen molar-refractivity contribution in [1.29, 1.82) is 0 Å². The first-order valence-corrected chi connectivity index (χ1v) is 6.06. The van der Waals surface area contributed by atoms with Gasteiger partial charge in [-0.05, 0) is 18.2 Å². The quantitative estimate of drug-likeness (QED) is 0.664. The van der Waals surface area contributed by atoms with Gasteiger partial charge in [-0.3, -0.25) is 9.59 Å². The van der Waals surface area contributed by atoms with Crippen LogP contribution in [-0.2, 0) is 0 Å². The first kappa shape index (κ1) is 13.5. The van der Waals surface area contributed by atoms with Gasteiger partial charge >= 0.3 is 0 Å². The third-order valence-electron chi connectivity index (χ3n) is 3.36. The van der Waals surface area contributed by atoms with Crippen LogP contribution in [0.5, 0.6) is 0 Å². The van der Waals surface area contributed by atoms with Crippen molar-refractivity contribution in [3.05, 3.63) is 35.4 Å². The van der Waals surface area contributed by atoms with Crippen LogP contribution in [0.25, 0.3) is 0 Å². The molecule has 1 aromatic rings. The third-order valence-corrected chi connectivity index (χ3v) is 3.36. The Morgan fingerprint density at radius 1 is 1.37 bits per heavy atom. The van der Waals surface area contributed by atoms with Crippen LogP contribution in [-0.4, -0.2) is 54.1 Å². The summed E-state index contributed by atoms with van der Waals surface area (Å²) in [7, 11) is 1.64. The zero-order valence-corrected chi connectivity index (χ0v) is 10.7. The molecule has 1 fully saturated rings. The Balaban J connectivity index is 2.19. The number of nitrogens with one attached hydrogen (secondary N) is 1. The number of aliphatic hydroxyl groups is 1. The summed E-state index contributed by atoms with van der Waals surface area (Å²) in [5.41, 5.74) is 5.87. The number of carbonyl (C=O) groups is 2. The normalized spacial score (nSPS) is 22.2. The molecule has 0 spiro atoms. The summed E-state index contributed by atoms with van der Waals surface area (Å²) < 4.78 is 0. The van der Waals surface area contributed by atoms with Crippen molar-refractivity contribution in [2.45, 2.75) is 12.1 Å². The van der Waals surface area contributed by atoms with Crippen LogP contribution in [0.15, 0.2) is 24.3 Å². The van der Waals surface area contributed by atoms with Crippen LogP contribution < -0.4 is 11.1 Å². The smallest absolute Gasteiger partial charge is 0.254 e. The molecule has 0 aliphatic carbocycles. The molecule has 2 atom stereocenters. The van der Waals surface area contributed by atoms with Gasteiger partial charge in [-0.15, -0.1) is 0 Å². The number of hydrogen-bond acceptors (Lipinski definition) is 4. The molecule has 1 aliphatic heterocycles. The Labute approximate surface area is 111 Å². The largest absolute Gasteiger partial charge is 0.390 e. The average Bonchev–Trinajstić information content (AvgIpc) is 2.83. The van der Waals surface area contributed by atoms with E-state index in [-0.39, 0.29) is 11.9 Å². The highest BCUT2D eigenvalue weighted by Gasteiger charge is 2.31. The van der Waals surface area contributed by atoms with Gasteiger partial charge in [0.1, 0.15) is 0 Å². The van der Waals surface area contributed by atoms with E-state index < -0.39 is 12.0 Å². The number of amides is 2. The summed E-state index contributed by atoms with van der Waals surface area (Å²) >= 11 is 0. The van der Waals surface area contributed by atoms with Crippen LogP contribution >= 0.6 is 0 Å². The molecule has 1 heterocycles. The molecule has 2 rings (SSSR count). The fourth-order valence-electron chi connectivity index (χ4n) is 2.21. The molecule has 0 aromatic heterocycles. The van der Waals surface area contributed by atoms with Gasteiger partial charge < -0.3 is 21.1 Å². The molecular weight excluding hydrogens is 246 g/mol. The van der Waals surface area contributed by atoms with Gasteiger partial charge in [0, 0.05) is 31.3 Å². The molecule has 0 radical (unpaired) electrons. The lowest BCUT2D eigenvalue weighted by atomic mass is 10.1. The number of carbonyl (C=O) groups excluding carboxylic acids is 2. The maximum absolute atomic E-state index is 12.3. The van der Waals surface area contributed by atoms with Crippen molar-refractivity contribution in [2.75, 3.05) is 20.1 Å². The van der Waals surface area contributed by atoms with Crippen molar-refractivity contribution < 1.29 is 14.7 Å². The maximum Gasteiger partial charge on any atom is 0.254 e. The van der Waals surface area contributed by atoms with Crippen LogP contribution in [0.2, 0.25) is 0 Å². The minimum Gasteiger partial charge on any atom is -0.390 e. The van der Waals surface area contributed by atoms with Gasteiger partial charge in [0.2, 0.25) is 5.91 Å². The number of rotatable bonds is 3. The van der Waals surface area contributed by atoms with E-state index in [2.05, 4.69) is 5.32 Å². The first-order chi connectivity index (χ1) is 9.00. The number of aliphatic hydroxyl groups excluding tert-OH is 1. The molecule has 1 aromatic carbocycles. The fraction of sp³-hybridized carbons (Fsp3) is 0.385. The molecular formula is C13H17N3O3. The van der Waals surface area contributed by atoms with Crippen LogP contribution in [0.4, 0.5) is 0 Å². The van der Waals surface area contributed by atoms with Crippen molar-refractivity contribution >= 4 is 11.8 Å². The summed E-state index contributed by atoms with van der Waals surface area (Å²) in [5.74, 6) is -0.810. The van der Waals surface area contributed by atoms with Crippen molar-refractivity contribution in [3.63, 3.8) is 0 Å². The van der Waals surface area contributed by atoms with Gasteiger partial charge in [0.25, 0.3) is 5.91 Å². The number of hydrogen-bond donors (Lipinski definition) is 3. The second-order valence-electron chi connectivity index (χ2n) is 4.65. The van der Waals surface area contributed by atoms with Gasteiger partial charge in [-0.2, -0.15) is 0 Å². The number of primary amides is 1. The van der Waals surface area contributed by atoms with Crippen LogP contribution in [0.3, 0.4) is 0 Å². The molecule has 0 bridgehead atoms. The summed E-state index contributed by atoms with van der Waals surface area (Å²) in [6.45, 7) is 1.03. The highest BCUT2D eigenvalue weighted by atomic mass is 16.3. The number of benzene rings is 1. The van der Waals surface area contributed by atoms with Gasteiger partial charge in [0.15, 0.2) is 0 Å². The predicted molar refractivity (Wildman–Crippen MR) is 69.7 cm³/mol. The van der Waals surface area contributed by atoms with Gasteiger partial charge in [0.05, 0.1) is 12.1 Å². The van der Waals surface area contributed by atoms with Crippen LogP contribution in [0.1, 0.15) is 20.7 Å². The monoisotopic (exact) mass is 263 g/mol. The standard InChI is InChI=1S/C13H17N3O3/c1-16(10-6-15-7-11(10)17)13(19)9-4-2-3-8(5-9)12(14)18/h2-5,10-11,15,17H,6-7H2,1H3,(H2,14,18)/t10-,11-/m1/s1. The Bertz CT molecular complexity index is 504. The Morgan fingerprint density at radius 2 is 2.05 bits per heavy atom. The summed E-state index contributed by atoms with van der Waals surface area (Å²) in [4.78, 5) is 24.9.